The average Bonchev–Trinajstić information content (AvgIpc) is 2.17. The summed E-state index contributed by atoms with van der Waals surface area (Å²) in [4.78, 5) is 11.1. The minimum Gasteiger partial charge on any atom is -0.462 e. The van der Waals surface area contributed by atoms with Crippen LogP contribution in [0.2, 0.25) is 0 Å². The lowest BCUT2D eigenvalue weighted by atomic mass is 10.2. The molecule has 78 valence electrons. The van der Waals surface area contributed by atoms with Gasteiger partial charge in [0.1, 0.15) is 0 Å². The fraction of sp³-hybridized carbons (Fsp3) is 0.636. The molecule has 0 saturated carbocycles. The molecule has 0 aromatic heterocycles. The van der Waals surface area contributed by atoms with E-state index in [-0.39, 0.29) is 5.97 Å². The highest BCUT2D eigenvalue weighted by atomic mass is 16.5. The van der Waals surface area contributed by atoms with Crippen molar-refractivity contribution in [3.05, 3.63) is 11.6 Å². The highest BCUT2D eigenvalue weighted by Gasteiger charge is 2.04. The first-order valence-electron chi connectivity index (χ1n) is 4.95. The number of hydrogen-bond donors (Lipinski definition) is 0. The maximum atomic E-state index is 11.1. The van der Waals surface area contributed by atoms with Gasteiger partial charge in [0.15, 0.2) is 0 Å². The van der Waals surface area contributed by atoms with E-state index >= 15 is 0 Å². The van der Waals surface area contributed by atoms with Crippen molar-refractivity contribution in [1.29, 1.82) is 5.26 Å². The SMILES string of the molecule is CCCCCCOC(=O)/C(C)=C/C#N. The molecule has 0 heterocycles. The Morgan fingerprint density at radius 1 is 1.43 bits per heavy atom. The Morgan fingerprint density at radius 3 is 2.71 bits per heavy atom. The van der Waals surface area contributed by atoms with Crippen LogP contribution in [0.25, 0.3) is 0 Å². The van der Waals surface area contributed by atoms with E-state index in [0.717, 1.165) is 12.8 Å². The van der Waals surface area contributed by atoms with Crippen LogP contribution in [-0.2, 0) is 9.53 Å². The predicted molar refractivity (Wildman–Crippen MR) is 54.5 cm³/mol. The van der Waals surface area contributed by atoms with Gasteiger partial charge in [0.05, 0.1) is 12.7 Å². The van der Waals surface area contributed by atoms with Gasteiger partial charge in [0.25, 0.3) is 0 Å². The summed E-state index contributed by atoms with van der Waals surface area (Å²) in [5.41, 5.74) is 0.364. The van der Waals surface area contributed by atoms with Crippen molar-refractivity contribution in [2.45, 2.75) is 39.5 Å². The maximum absolute atomic E-state index is 11.1. The number of carbonyl (C=O) groups is 1. The lowest BCUT2D eigenvalue weighted by Crippen LogP contribution is -2.06. The second kappa shape index (κ2) is 8.31. The zero-order valence-electron chi connectivity index (χ0n) is 8.88. The van der Waals surface area contributed by atoms with E-state index in [1.165, 1.54) is 18.9 Å². The lowest BCUT2D eigenvalue weighted by Gasteiger charge is -2.03. The normalized spacial score (nSPS) is 10.8. The van der Waals surface area contributed by atoms with Crippen molar-refractivity contribution < 1.29 is 9.53 Å². The highest BCUT2D eigenvalue weighted by molar-refractivity contribution is 5.88. The Kier molecular flexibility index (Phi) is 7.53. The molecule has 0 saturated heterocycles. The Balaban J connectivity index is 3.55. The number of carbonyl (C=O) groups excluding carboxylic acids is 1. The van der Waals surface area contributed by atoms with E-state index in [9.17, 15) is 4.79 Å². The monoisotopic (exact) mass is 195 g/mol. The Morgan fingerprint density at radius 2 is 2.14 bits per heavy atom. The third kappa shape index (κ3) is 6.24. The Labute approximate surface area is 85.4 Å². The van der Waals surface area contributed by atoms with Crippen molar-refractivity contribution in [2.24, 2.45) is 0 Å². The summed E-state index contributed by atoms with van der Waals surface area (Å²) in [7, 11) is 0. The van der Waals surface area contributed by atoms with E-state index in [1.54, 1.807) is 13.0 Å². The first-order chi connectivity index (χ1) is 6.72. The van der Waals surface area contributed by atoms with Crippen LogP contribution in [0.15, 0.2) is 11.6 Å². The largest absolute Gasteiger partial charge is 0.462 e. The first-order valence-corrected chi connectivity index (χ1v) is 4.95. The van der Waals surface area contributed by atoms with E-state index < -0.39 is 0 Å². The molecule has 0 fully saturated rings. The zero-order chi connectivity index (χ0) is 10.8. The van der Waals surface area contributed by atoms with E-state index in [4.69, 9.17) is 10.00 Å². The van der Waals surface area contributed by atoms with Crippen LogP contribution in [0.5, 0.6) is 0 Å². The molecular formula is C11H17NO2. The molecule has 0 aliphatic rings. The molecule has 0 N–H and O–H groups in total. The van der Waals surface area contributed by atoms with Crippen LogP contribution in [0.3, 0.4) is 0 Å². The van der Waals surface area contributed by atoms with Crippen LogP contribution < -0.4 is 0 Å². The van der Waals surface area contributed by atoms with Crippen LogP contribution in [0.1, 0.15) is 39.5 Å². The molecule has 3 heteroatoms. The highest BCUT2D eigenvalue weighted by Crippen LogP contribution is 2.01. The fourth-order valence-corrected chi connectivity index (χ4v) is 0.963. The number of ether oxygens (including phenoxy) is 1. The topological polar surface area (TPSA) is 50.1 Å². The average molecular weight is 195 g/mol. The van der Waals surface area contributed by atoms with Gasteiger partial charge in [0, 0.05) is 11.6 Å². The van der Waals surface area contributed by atoms with Gasteiger partial charge >= 0.3 is 5.97 Å². The van der Waals surface area contributed by atoms with E-state index in [1.807, 2.05) is 0 Å². The van der Waals surface area contributed by atoms with E-state index in [0.29, 0.717) is 12.2 Å². The minimum absolute atomic E-state index is 0.364. The molecule has 14 heavy (non-hydrogen) atoms. The smallest absolute Gasteiger partial charge is 0.334 e. The van der Waals surface area contributed by atoms with Crippen molar-refractivity contribution in [1.82, 2.24) is 0 Å². The van der Waals surface area contributed by atoms with Crippen molar-refractivity contribution >= 4 is 5.97 Å². The molecule has 0 aromatic carbocycles. The molecule has 0 radical (unpaired) electrons. The number of hydrogen-bond acceptors (Lipinski definition) is 3. The first kappa shape index (κ1) is 12.7. The van der Waals surface area contributed by atoms with Crippen LogP contribution in [0, 0.1) is 11.3 Å². The van der Waals surface area contributed by atoms with Gasteiger partial charge in [-0.05, 0) is 13.3 Å². The van der Waals surface area contributed by atoms with E-state index in [2.05, 4.69) is 6.92 Å². The summed E-state index contributed by atoms with van der Waals surface area (Å²) in [5.74, 6) is -0.386. The third-order valence-corrected chi connectivity index (χ3v) is 1.83. The quantitative estimate of drug-likeness (QED) is 0.283. The van der Waals surface area contributed by atoms with Gasteiger partial charge in [-0.25, -0.2) is 4.79 Å². The van der Waals surface area contributed by atoms with Gasteiger partial charge in [-0.3, -0.25) is 0 Å². The van der Waals surface area contributed by atoms with Crippen molar-refractivity contribution in [2.75, 3.05) is 6.61 Å². The number of nitrogens with zero attached hydrogens (tertiary/aromatic N) is 1. The number of allylic oxidation sites excluding steroid dienone is 1. The molecule has 0 rings (SSSR count). The van der Waals surface area contributed by atoms with Crippen LogP contribution >= 0.6 is 0 Å². The van der Waals surface area contributed by atoms with Crippen LogP contribution in [-0.4, -0.2) is 12.6 Å². The Bertz CT molecular complexity index is 238. The van der Waals surface area contributed by atoms with Crippen molar-refractivity contribution in [3.63, 3.8) is 0 Å². The van der Waals surface area contributed by atoms with Gasteiger partial charge in [-0.2, -0.15) is 5.26 Å². The predicted octanol–water partition coefficient (Wildman–Crippen LogP) is 2.58. The summed E-state index contributed by atoms with van der Waals surface area (Å²) < 4.78 is 4.94. The summed E-state index contributed by atoms with van der Waals surface area (Å²) >= 11 is 0. The van der Waals surface area contributed by atoms with Gasteiger partial charge in [-0.15, -0.1) is 0 Å². The fourth-order valence-electron chi connectivity index (χ4n) is 0.963. The molecule has 0 spiro atoms. The molecule has 0 aliphatic carbocycles. The van der Waals surface area contributed by atoms with Gasteiger partial charge < -0.3 is 4.74 Å². The molecule has 3 nitrogen and oxygen atoms in total. The molecule has 0 amide bonds. The zero-order valence-corrected chi connectivity index (χ0v) is 8.88. The molecule has 0 atom stereocenters. The van der Waals surface area contributed by atoms with Gasteiger partial charge in [0.2, 0.25) is 0 Å². The molecular weight excluding hydrogens is 178 g/mol. The minimum atomic E-state index is -0.386. The molecule has 0 unspecified atom stereocenters. The standard InChI is InChI=1S/C11H17NO2/c1-3-4-5-6-9-14-11(13)10(2)7-8-12/h7H,3-6,9H2,1-2H3/b10-7+. The number of rotatable bonds is 6. The second-order valence-electron chi connectivity index (χ2n) is 3.15. The lowest BCUT2D eigenvalue weighted by molar-refractivity contribution is -0.139. The third-order valence-electron chi connectivity index (χ3n) is 1.83. The van der Waals surface area contributed by atoms with Crippen molar-refractivity contribution in [3.8, 4) is 6.07 Å². The Hall–Kier alpha value is -1.30. The molecule has 0 bridgehead atoms. The summed E-state index contributed by atoms with van der Waals surface area (Å²) in [6.45, 7) is 4.17. The number of nitriles is 1. The summed E-state index contributed by atoms with van der Waals surface area (Å²) in [6, 6.07) is 1.80. The summed E-state index contributed by atoms with van der Waals surface area (Å²) in [5, 5.41) is 8.29. The number of unbranched alkanes of at least 4 members (excludes halogenated alkanes) is 3. The maximum Gasteiger partial charge on any atom is 0.334 e. The van der Waals surface area contributed by atoms with Gasteiger partial charge in [-0.1, -0.05) is 26.2 Å². The molecule has 0 aliphatic heterocycles. The second-order valence-corrected chi connectivity index (χ2v) is 3.15. The van der Waals surface area contributed by atoms with Crippen LogP contribution in [0.4, 0.5) is 0 Å². The molecule has 0 aromatic rings. The summed E-state index contributed by atoms with van der Waals surface area (Å²) in [6.07, 6.45) is 5.53. The number of esters is 1.